The highest BCUT2D eigenvalue weighted by atomic mass is 79.9. The Balaban J connectivity index is 1.36. The number of nitrogens with zero attached hydrogens (tertiary/aromatic N) is 2. The average molecular weight is 501 g/mol. The normalized spacial score (nSPS) is 17.6. The molecule has 31 heavy (non-hydrogen) atoms. The van der Waals surface area contributed by atoms with Crippen LogP contribution in [0.2, 0.25) is 0 Å². The topological polar surface area (TPSA) is 66.9 Å². The molecule has 0 aliphatic carbocycles. The Morgan fingerprint density at radius 3 is 2.39 bits per heavy atom. The van der Waals surface area contributed by atoms with E-state index in [4.69, 9.17) is 4.74 Å². The highest BCUT2D eigenvalue weighted by molar-refractivity contribution is 9.10. The summed E-state index contributed by atoms with van der Waals surface area (Å²) in [6, 6.07) is 15.2. The first-order valence-corrected chi connectivity index (χ1v) is 11.6. The van der Waals surface area contributed by atoms with E-state index in [-0.39, 0.29) is 12.5 Å². The largest absolute Gasteiger partial charge is 0.489 e. The molecule has 0 bridgehead atoms. The Hall–Kier alpha value is -2.58. The monoisotopic (exact) mass is 500 g/mol. The standard InChI is InChI=1S/C23H21BrN2O4S/c24-18-7-3-17(4-8-18)15-30-19-9-5-16(6-10-19)13-20-22(28)26(23(29)31-20)14-21(27)25-11-1-2-12-25/h3-10,13H,1-2,11-12,14-15H2/b20-13-. The molecule has 0 spiro atoms. The van der Waals surface area contributed by atoms with E-state index in [0.717, 1.165) is 45.1 Å². The first-order valence-electron chi connectivity index (χ1n) is 10.00. The molecule has 160 valence electrons. The molecule has 0 atom stereocenters. The fourth-order valence-electron chi connectivity index (χ4n) is 3.40. The minimum absolute atomic E-state index is 0.173. The van der Waals surface area contributed by atoms with E-state index < -0.39 is 11.1 Å². The maximum absolute atomic E-state index is 12.6. The van der Waals surface area contributed by atoms with Crippen molar-refractivity contribution in [3.8, 4) is 5.75 Å². The summed E-state index contributed by atoms with van der Waals surface area (Å²) in [6.45, 7) is 1.66. The molecule has 2 aromatic rings. The molecule has 4 rings (SSSR count). The number of benzene rings is 2. The summed E-state index contributed by atoms with van der Waals surface area (Å²) in [6.07, 6.45) is 3.61. The second-order valence-electron chi connectivity index (χ2n) is 7.34. The van der Waals surface area contributed by atoms with Gasteiger partial charge in [-0.05, 0) is 66.1 Å². The molecule has 2 fully saturated rings. The second kappa shape index (κ2) is 9.70. The molecule has 0 N–H and O–H groups in total. The summed E-state index contributed by atoms with van der Waals surface area (Å²) in [5, 5.41) is -0.404. The summed E-state index contributed by atoms with van der Waals surface area (Å²) >= 11 is 4.28. The minimum Gasteiger partial charge on any atom is -0.489 e. The highest BCUT2D eigenvalue weighted by Gasteiger charge is 2.37. The zero-order valence-corrected chi connectivity index (χ0v) is 19.2. The van der Waals surface area contributed by atoms with Crippen molar-refractivity contribution < 1.29 is 19.1 Å². The number of hydrogen-bond acceptors (Lipinski definition) is 5. The number of rotatable bonds is 6. The van der Waals surface area contributed by atoms with Crippen molar-refractivity contribution in [2.24, 2.45) is 0 Å². The van der Waals surface area contributed by atoms with E-state index in [1.54, 1.807) is 11.0 Å². The smallest absolute Gasteiger partial charge is 0.294 e. The Morgan fingerprint density at radius 1 is 1.03 bits per heavy atom. The van der Waals surface area contributed by atoms with Crippen LogP contribution in [0.3, 0.4) is 0 Å². The Morgan fingerprint density at radius 2 is 1.71 bits per heavy atom. The van der Waals surface area contributed by atoms with Crippen molar-refractivity contribution in [3.05, 3.63) is 69.0 Å². The molecule has 2 aromatic carbocycles. The summed E-state index contributed by atoms with van der Waals surface area (Å²) in [7, 11) is 0. The molecule has 6 nitrogen and oxygen atoms in total. The first kappa shape index (κ1) is 21.6. The van der Waals surface area contributed by atoms with E-state index >= 15 is 0 Å². The average Bonchev–Trinajstić information content (AvgIpc) is 3.39. The first-order chi connectivity index (χ1) is 15.0. The molecule has 2 aliphatic heterocycles. The summed E-state index contributed by atoms with van der Waals surface area (Å²) in [5.41, 5.74) is 1.84. The number of likely N-dealkylation sites (tertiary alicyclic amines) is 1. The molecule has 0 aromatic heterocycles. The van der Waals surface area contributed by atoms with Crippen molar-refractivity contribution in [3.63, 3.8) is 0 Å². The summed E-state index contributed by atoms with van der Waals surface area (Å²) in [5.74, 6) is 0.121. The molecular formula is C23H21BrN2O4S. The van der Waals surface area contributed by atoms with E-state index in [1.807, 2.05) is 48.5 Å². The van der Waals surface area contributed by atoms with Crippen molar-refractivity contribution in [1.82, 2.24) is 9.80 Å². The zero-order valence-electron chi connectivity index (χ0n) is 16.8. The zero-order chi connectivity index (χ0) is 21.8. The van der Waals surface area contributed by atoms with Gasteiger partial charge in [-0.25, -0.2) is 0 Å². The molecular weight excluding hydrogens is 480 g/mol. The number of imide groups is 1. The van der Waals surface area contributed by atoms with Gasteiger partial charge in [0.25, 0.3) is 11.1 Å². The number of thioether (sulfide) groups is 1. The van der Waals surface area contributed by atoms with Gasteiger partial charge >= 0.3 is 0 Å². The van der Waals surface area contributed by atoms with Crippen LogP contribution >= 0.6 is 27.7 Å². The van der Waals surface area contributed by atoms with Crippen LogP contribution in [0.1, 0.15) is 24.0 Å². The molecule has 0 radical (unpaired) electrons. The second-order valence-corrected chi connectivity index (χ2v) is 9.25. The lowest BCUT2D eigenvalue weighted by Crippen LogP contribution is -2.40. The predicted molar refractivity (Wildman–Crippen MR) is 123 cm³/mol. The fraction of sp³-hybridized carbons (Fsp3) is 0.261. The molecule has 8 heteroatoms. The number of amides is 3. The van der Waals surface area contributed by atoms with E-state index in [0.29, 0.717) is 30.4 Å². The third kappa shape index (κ3) is 5.37. The van der Waals surface area contributed by atoms with Gasteiger partial charge in [0.2, 0.25) is 5.91 Å². The number of ether oxygens (including phenoxy) is 1. The van der Waals surface area contributed by atoms with Gasteiger partial charge in [-0.15, -0.1) is 0 Å². The molecule has 2 heterocycles. The van der Waals surface area contributed by atoms with Gasteiger partial charge in [0.1, 0.15) is 18.9 Å². The van der Waals surface area contributed by atoms with Gasteiger partial charge in [0, 0.05) is 17.6 Å². The lowest BCUT2D eigenvalue weighted by molar-refractivity contribution is -0.135. The quantitative estimate of drug-likeness (QED) is 0.538. The van der Waals surface area contributed by atoms with Gasteiger partial charge < -0.3 is 9.64 Å². The number of carbonyl (C=O) groups excluding carboxylic acids is 3. The van der Waals surface area contributed by atoms with Crippen LogP contribution < -0.4 is 4.74 Å². The minimum atomic E-state index is -0.418. The van der Waals surface area contributed by atoms with Crippen LogP contribution in [0.5, 0.6) is 5.75 Å². The van der Waals surface area contributed by atoms with Gasteiger partial charge in [0.05, 0.1) is 4.91 Å². The fourth-order valence-corrected chi connectivity index (χ4v) is 4.50. The lowest BCUT2D eigenvalue weighted by atomic mass is 10.2. The maximum atomic E-state index is 12.6. The number of halogens is 1. The Bertz CT molecular complexity index is 1010. The van der Waals surface area contributed by atoms with E-state index in [1.165, 1.54) is 0 Å². The van der Waals surface area contributed by atoms with Crippen LogP contribution in [-0.4, -0.2) is 46.5 Å². The summed E-state index contributed by atoms with van der Waals surface area (Å²) in [4.78, 5) is 40.3. The van der Waals surface area contributed by atoms with Crippen molar-refractivity contribution in [1.29, 1.82) is 0 Å². The van der Waals surface area contributed by atoms with Crippen LogP contribution in [0, 0.1) is 0 Å². The predicted octanol–water partition coefficient (Wildman–Crippen LogP) is 4.69. The van der Waals surface area contributed by atoms with Crippen LogP contribution in [-0.2, 0) is 16.2 Å². The van der Waals surface area contributed by atoms with Gasteiger partial charge in [-0.3, -0.25) is 19.3 Å². The molecule has 0 saturated carbocycles. The van der Waals surface area contributed by atoms with Crippen molar-refractivity contribution in [2.45, 2.75) is 19.4 Å². The third-order valence-electron chi connectivity index (χ3n) is 5.12. The van der Waals surface area contributed by atoms with Gasteiger partial charge in [0.15, 0.2) is 0 Å². The van der Waals surface area contributed by atoms with E-state index in [9.17, 15) is 14.4 Å². The van der Waals surface area contributed by atoms with Crippen LogP contribution in [0.25, 0.3) is 6.08 Å². The van der Waals surface area contributed by atoms with Crippen molar-refractivity contribution in [2.75, 3.05) is 19.6 Å². The van der Waals surface area contributed by atoms with Crippen LogP contribution in [0.4, 0.5) is 4.79 Å². The SMILES string of the molecule is O=C(CN1C(=O)S/C(=C\c2ccc(OCc3ccc(Br)cc3)cc2)C1=O)N1CCCC1. The molecule has 3 amide bonds. The van der Waals surface area contributed by atoms with Crippen molar-refractivity contribution >= 4 is 50.8 Å². The highest BCUT2D eigenvalue weighted by Crippen LogP contribution is 2.32. The van der Waals surface area contributed by atoms with Gasteiger partial charge in [-0.1, -0.05) is 40.2 Å². The van der Waals surface area contributed by atoms with E-state index in [2.05, 4.69) is 15.9 Å². The molecule has 0 unspecified atom stereocenters. The van der Waals surface area contributed by atoms with Gasteiger partial charge in [-0.2, -0.15) is 0 Å². The Labute approximate surface area is 193 Å². The van der Waals surface area contributed by atoms with Crippen LogP contribution in [0.15, 0.2) is 57.9 Å². The number of hydrogen-bond donors (Lipinski definition) is 0. The molecule has 2 aliphatic rings. The molecule has 2 saturated heterocycles. The summed E-state index contributed by atoms with van der Waals surface area (Å²) < 4.78 is 6.81. The maximum Gasteiger partial charge on any atom is 0.294 e. The Kier molecular flexibility index (Phi) is 6.77. The third-order valence-corrected chi connectivity index (χ3v) is 6.56. The number of carbonyl (C=O) groups is 3. The lowest BCUT2D eigenvalue weighted by Gasteiger charge is -2.18.